The Hall–Kier alpha value is -0.700. The third kappa shape index (κ3) is 4.38. The fourth-order valence-corrected chi connectivity index (χ4v) is 4.38. The van der Waals surface area contributed by atoms with Crippen molar-refractivity contribution in [2.24, 2.45) is 5.92 Å². The highest BCUT2D eigenvalue weighted by Crippen LogP contribution is 2.21. The molecule has 2 heterocycles. The maximum atomic E-state index is 12.3. The number of nitrogens with zero attached hydrogens (tertiary/aromatic N) is 1. The zero-order valence-corrected chi connectivity index (χ0v) is 13.3. The quantitative estimate of drug-likeness (QED) is 0.637. The van der Waals surface area contributed by atoms with E-state index in [1.165, 1.54) is 4.31 Å². The number of ether oxygens (including phenoxy) is 1. The second-order valence-corrected chi connectivity index (χ2v) is 7.28. The Kier molecular flexibility index (Phi) is 5.98. The van der Waals surface area contributed by atoms with E-state index in [1.807, 2.05) is 0 Å². The molecule has 2 rings (SSSR count). The van der Waals surface area contributed by atoms with Crippen molar-refractivity contribution in [2.75, 3.05) is 32.8 Å². The molecular formula is C13H25N3O4S. The lowest BCUT2D eigenvalue weighted by Gasteiger charge is -2.23. The van der Waals surface area contributed by atoms with Crippen molar-refractivity contribution in [1.29, 1.82) is 0 Å². The average molecular weight is 319 g/mol. The molecule has 0 aromatic carbocycles. The van der Waals surface area contributed by atoms with Crippen LogP contribution < -0.4 is 10.0 Å². The monoisotopic (exact) mass is 319 g/mol. The van der Waals surface area contributed by atoms with Gasteiger partial charge in [-0.15, -0.1) is 0 Å². The molecular weight excluding hydrogens is 294 g/mol. The maximum Gasteiger partial charge on any atom is 0.324 e. The Labute approximate surface area is 126 Å². The summed E-state index contributed by atoms with van der Waals surface area (Å²) in [5.74, 6) is 0.0903. The maximum absolute atomic E-state index is 12.3. The fourth-order valence-electron chi connectivity index (χ4n) is 2.94. The van der Waals surface area contributed by atoms with Crippen LogP contribution in [0.5, 0.6) is 0 Å². The van der Waals surface area contributed by atoms with Crippen molar-refractivity contribution in [2.45, 2.75) is 38.6 Å². The van der Waals surface area contributed by atoms with Gasteiger partial charge in [0.2, 0.25) is 0 Å². The Morgan fingerprint density at radius 3 is 2.90 bits per heavy atom. The van der Waals surface area contributed by atoms with E-state index in [1.54, 1.807) is 6.92 Å². The molecule has 0 aromatic rings. The molecule has 0 aliphatic carbocycles. The molecule has 0 bridgehead atoms. The zero-order chi connectivity index (χ0) is 15.3. The number of rotatable bonds is 7. The Morgan fingerprint density at radius 1 is 1.43 bits per heavy atom. The molecule has 2 saturated heterocycles. The molecule has 2 unspecified atom stereocenters. The predicted octanol–water partition coefficient (Wildman–Crippen LogP) is -0.152. The van der Waals surface area contributed by atoms with Crippen LogP contribution in [0.1, 0.15) is 32.6 Å². The molecule has 8 heteroatoms. The van der Waals surface area contributed by atoms with Gasteiger partial charge in [0.15, 0.2) is 0 Å². The largest absolute Gasteiger partial charge is 0.465 e. The van der Waals surface area contributed by atoms with Crippen LogP contribution in [0.15, 0.2) is 0 Å². The number of nitrogens with one attached hydrogen (secondary N) is 2. The standard InChI is InChI=1S/C13H25N3O4S/c1-2-20-13(17)12-4-3-9-16(12)21(18,19)15-8-6-11-5-7-14-10-11/h11-12,14-15H,2-10H2,1H3. The summed E-state index contributed by atoms with van der Waals surface area (Å²) in [5.41, 5.74) is 0. The van der Waals surface area contributed by atoms with Crippen LogP contribution in [0.3, 0.4) is 0 Å². The van der Waals surface area contributed by atoms with E-state index < -0.39 is 22.2 Å². The van der Waals surface area contributed by atoms with E-state index in [2.05, 4.69) is 10.0 Å². The molecule has 7 nitrogen and oxygen atoms in total. The minimum Gasteiger partial charge on any atom is -0.465 e. The lowest BCUT2D eigenvalue weighted by Crippen LogP contribution is -2.47. The summed E-state index contributed by atoms with van der Waals surface area (Å²) in [6, 6.07) is -0.671. The zero-order valence-electron chi connectivity index (χ0n) is 12.5. The highest BCUT2D eigenvalue weighted by molar-refractivity contribution is 7.87. The summed E-state index contributed by atoms with van der Waals surface area (Å²) >= 11 is 0. The SMILES string of the molecule is CCOC(=O)C1CCCN1S(=O)(=O)NCCC1CCNC1. The number of esters is 1. The number of hydrogen-bond donors (Lipinski definition) is 2. The van der Waals surface area contributed by atoms with Crippen molar-refractivity contribution in [1.82, 2.24) is 14.3 Å². The minimum atomic E-state index is -3.60. The van der Waals surface area contributed by atoms with Gasteiger partial charge in [0.25, 0.3) is 10.2 Å². The summed E-state index contributed by atoms with van der Waals surface area (Å²) in [6.45, 7) is 4.75. The van der Waals surface area contributed by atoms with Crippen molar-refractivity contribution < 1.29 is 17.9 Å². The molecule has 21 heavy (non-hydrogen) atoms. The van der Waals surface area contributed by atoms with E-state index in [0.29, 0.717) is 31.8 Å². The first kappa shape index (κ1) is 16.7. The molecule has 2 fully saturated rings. The average Bonchev–Trinajstić information content (AvgIpc) is 3.10. The van der Waals surface area contributed by atoms with Gasteiger partial charge in [-0.1, -0.05) is 0 Å². The molecule has 2 N–H and O–H groups in total. The molecule has 2 atom stereocenters. The van der Waals surface area contributed by atoms with Crippen LogP contribution >= 0.6 is 0 Å². The van der Waals surface area contributed by atoms with E-state index in [0.717, 1.165) is 25.9 Å². The van der Waals surface area contributed by atoms with Crippen LogP contribution in [0.4, 0.5) is 0 Å². The molecule has 2 aliphatic heterocycles. The first-order chi connectivity index (χ1) is 10.0. The van der Waals surface area contributed by atoms with Crippen molar-refractivity contribution in [3.8, 4) is 0 Å². The highest BCUT2D eigenvalue weighted by Gasteiger charge is 2.39. The van der Waals surface area contributed by atoms with Crippen molar-refractivity contribution in [3.05, 3.63) is 0 Å². The first-order valence-corrected chi connectivity index (χ1v) is 9.12. The highest BCUT2D eigenvalue weighted by atomic mass is 32.2. The van der Waals surface area contributed by atoms with Crippen LogP contribution in [0.2, 0.25) is 0 Å². The van der Waals surface area contributed by atoms with Gasteiger partial charge in [-0.25, -0.2) is 4.72 Å². The Balaban J connectivity index is 1.86. The normalized spacial score (nSPS) is 27.1. The number of carbonyl (C=O) groups is 1. The number of carbonyl (C=O) groups excluding carboxylic acids is 1. The molecule has 2 aliphatic rings. The summed E-state index contributed by atoms with van der Waals surface area (Å²) < 4.78 is 33.5. The third-order valence-corrected chi connectivity index (χ3v) is 5.69. The van der Waals surface area contributed by atoms with E-state index in [-0.39, 0.29) is 6.61 Å². The van der Waals surface area contributed by atoms with Gasteiger partial charge in [0, 0.05) is 13.1 Å². The lowest BCUT2D eigenvalue weighted by molar-refractivity contribution is -0.146. The van der Waals surface area contributed by atoms with Gasteiger partial charge in [-0.05, 0) is 51.6 Å². The van der Waals surface area contributed by atoms with Gasteiger partial charge >= 0.3 is 5.97 Å². The van der Waals surface area contributed by atoms with Gasteiger partial charge in [-0.2, -0.15) is 12.7 Å². The summed E-state index contributed by atoms with van der Waals surface area (Å²) in [6.07, 6.45) is 3.14. The van der Waals surface area contributed by atoms with Gasteiger partial charge in [0.1, 0.15) is 6.04 Å². The van der Waals surface area contributed by atoms with E-state index >= 15 is 0 Å². The van der Waals surface area contributed by atoms with Gasteiger partial charge < -0.3 is 10.1 Å². The molecule has 122 valence electrons. The topological polar surface area (TPSA) is 87.7 Å². The lowest BCUT2D eigenvalue weighted by atomic mass is 10.1. The van der Waals surface area contributed by atoms with Crippen LogP contribution in [-0.4, -0.2) is 57.5 Å². The second-order valence-electron chi connectivity index (χ2n) is 5.57. The Morgan fingerprint density at radius 2 is 2.24 bits per heavy atom. The fraction of sp³-hybridized carbons (Fsp3) is 0.923. The van der Waals surface area contributed by atoms with Crippen LogP contribution in [0.25, 0.3) is 0 Å². The van der Waals surface area contributed by atoms with Gasteiger partial charge in [0.05, 0.1) is 6.61 Å². The van der Waals surface area contributed by atoms with E-state index in [9.17, 15) is 13.2 Å². The number of hydrogen-bond acceptors (Lipinski definition) is 5. The first-order valence-electron chi connectivity index (χ1n) is 7.68. The molecule has 0 spiro atoms. The molecule has 0 amide bonds. The summed E-state index contributed by atoms with van der Waals surface area (Å²) in [5, 5.41) is 3.26. The third-order valence-electron chi connectivity index (χ3n) is 4.07. The summed E-state index contributed by atoms with van der Waals surface area (Å²) in [7, 11) is -3.60. The van der Waals surface area contributed by atoms with Crippen molar-refractivity contribution in [3.63, 3.8) is 0 Å². The van der Waals surface area contributed by atoms with Crippen LogP contribution in [0, 0.1) is 5.92 Å². The smallest absolute Gasteiger partial charge is 0.324 e. The van der Waals surface area contributed by atoms with E-state index in [4.69, 9.17) is 4.74 Å². The predicted molar refractivity (Wildman–Crippen MR) is 78.9 cm³/mol. The summed E-state index contributed by atoms with van der Waals surface area (Å²) in [4.78, 5) is 11.8. The molecule has 0 radical (unpaired) electrons. The van der Waals surface area contributed by atoms with Crippen molar-refractivity contribution >= 4 is 16.2 Å². The molecule has 0 aromatic heterocycles. The van der Waals surface area contributed by atoms with Crippen LogP contribution in [-0.2, 0) is 19.7 Å². The molecule has 0 saturated carbocycles. The Bertz CT molecular complexity index is 448. The second kappa shape index (κ2) is 7.53. The minimum absolute atomic E-state index is 0.269. The van der Waals surface area contributed by atoms with Gasteiger partial charge in [-0.3, -0.25) is 4.79 Å².